The summed E-state index contributed by atoms with van der Waals surface area (Å²) in [6.07, 6.45) is 1.60. The lowest BCUT2D eigenvalue weighted by atomic mass is 9.70. The average molecular weight is 676 g/mol. The lowest BCUT2D eigenvalue weighted by molar-refractivity contribution is -0.145. The molecule has 1 aliphatic rings. The fourth-order valence-corrected chi connectivity index (χ4v) is 6.41. The molecule has 1 saturated carbocycles. The number of benzene rings is 1. The number of hydrogen-bond donors (Lipinski definition) is 6. The summed E-state index contributed by atoms with van der Waals surface area (Å²) in [5.41, 5.74) is 0.982. The van der Waals surface area contributed by atoms with E-state index in [-0.39, 0.29) is 18.5 Å². The quantitative estimate of drug-likeness (QED) is 0.0926. The van der Waals surface area contributed by atoms with E-state index in [1.165, 1.54) is 4.90 Å². The van der Waals surface area contributed by atoms with Crippen LogP contribution in [-0.2, 0) is 43.0 Å². The highest BCUT2D eigenvalue weighted by Gasteiger charge is 2.37. The van der Waals surface area contributed by atoms with Crippen molar-refractivity contribution in [3.05, 3.63) is 35.9 Å². The number of rotatable bonds is 22. The largest absolute Gasteiger partial charge is 0.480 e. The fraction of sp³-hybridized carbons (Fsp3) is 0.607. The summed E-state index contributed by atoms with van der Waals surface area (Å²) in [4.78, 5) is 70.8. The van der Waals surface area contributed by atoms with E-state index >= 15 is 0 Å². The summed E-state index contributed by atoms with van der Waals surface area (Å²) < 4.78 is 23.7. The van der Waals surface area contributed by atoms with Crippen LogP contribution in [0.2, 0.25) is 0 Å². The van der Waals surface area contributed by atoms with Gasteiger partial charge in [0.2, 0.25) is 0 Å². The van der Waals surface area contributed by atoms with Gasteiger partial charge in [0.05, 0.1) is 45.4 Å². The van der Waals surface area contributed by atoms with E-state index in [0.717, 1.165) is 15.4 Å². The molecule has 0 heterocycles. The molecule has 0 aromatic heterocycles. The molecule has 0 aliphatic heterocycles. The second-order valence-electron chi connectivity index (χ2n) is 11.5. The van der Waals surface area contributed by atoms with Crippen LogP contribution in [0.15, 0.2) is 30.3 Å². The first-order chi connectivity index (χ1) is 21.5. The van der Waals surface area contributed by atoms with Crippen LogP contribution in [0.25, 0.3) is 0 Å². The Bertz CT molecular complexity index is 1210. The molecule has 18 heteroatoms. The molecule has 6 N–H and O–H groups in total. The number of aliphatic carboxylic acids is 5. The van der Waals surface area contributed by atoms with Crippen LogP contribution in [0.1, 0.15) is 38.2 Å². The van der Waals surface area contributed by atoms with Crippen molar-refractivity contribution >= 4 is 37.7 Å². The topological polar surface area (TPSA) is 252 Å². The second kappa shape index (κ2) is 18.0. The number of carbonyl (C=O) groups is 5. The van der Waals surface area contributed by atoms with E-state index in [4.69, 9.17) is 19.3 Å². The zero-order valence-electron chi connectivity index (χ0n) is 25.5. The minimum Gasteiger partial charge on any atom is -0.480 e. The SMILES string of the molecule is C[C@]1(c2ccccc2)CC[C@@H](OP(=O)(O)OCC(CN(CCN(CC(=O)O)CC(=O)O)CC(=O)O)N(CC(=O)O)CC(=O)O)CC1. The molecule has 0 saturated heterocycles. The van der Waals surface area contributed by atoms with Gasteiger partial charge in [0, 0.05) is 25.7 Å². The zero-order chi connectivity index (χ0) is 34.5. The van der Waals surface area contributed by atoms with Crippen LogP contribution in [0.3, 0.4) is 0 Å². The summed E-state index contributed by atoms with van der Waals surface area (Å²) in [6, 6.07) is 8.56. The van der Waals surface area contributed by atoms with Crippen molar-refractivity contribution in [1.29, 1.82) is 0 Å². The molecule has 0 bridgehead atoms. The number of phosphoric ester groups is 1. The molecule has 1 aliphatic carbocycles. The van der Waals surface area contributed by atoms with Crippen molar-refractivity contribution < 1.29 is 68.0 Å². The van der Waals surface area contributed by atoms with Gasteiger partial charge in [-0.25, -0.2) is 4.57 Å². The Morgan fingerprint density at radius 2 is 1.26 bits per heavy atom. The third-order valence-corrected chi connectivity index (χ3v) is 8.73. The summed E-state index contributed by atoms with van der Waals surface area (Å²) in [7, 11) is -4.77. The van der Waals surface area contributed by atoms with Gasteiger partial charge < -0.3 is 30.4 Å². The number of carboxylic acid groups (broad SMARTS) is 5. The molecular weight excluding hydrogens is 633 g/mol. The summed E-state index contributed by atoms with van der Waals surface area (Å²) >= 11 is 0. The minimum atomic E-state index is -4.77. The average Bonchev–Trinajstić information content (AvgIpc) is 2.93. The monoisotopic (exact) mass is 675 g/mol. The van der Waals surface area contributed by atoms with Gasteiger partial charge in [-0.05, 0) is 36.7 Å². The molecule has 2 unspecified atom stereocenters. The van der Waals surface area contributed by atoms with Gasteiger partial charge in [-0.2, -0.15) is 0 Å². The van der Waals surface area contributed by atoms with Crippen LogP contribution in [0, 0.1) is 0 Å². The maximum atomic E-state index is 13.0. The van der Waals surface area contributed by atoms with Crippen LogP contribution in [0.5, 0.6) is 0 Å². The Kier molecular flexibility index (Phi) is 15.2. The van der Waals surface area contributed by atoms with E-state index < -0.39 is 95.7 Å². The van der Waals surface area contributed by atoms with Gasteiger partial charge in [0.15, 0.2) is 0 Å². The maximum Gasteiger partial charge on any atom is 0.472 e. The third kappa shape index (κ3) is 14.3. The first kappa shape index (κ1) is 38.7. The summed E-state index contributed by atoms with van der Waals surface area (Å²) in [6.45, 7) is -3.20. The van der Waals surface area contributed by atoms with Crippen LogP contribution < -0.4 is 0 Å². The van der Waals surface area contributed by atoms with Crippen LogP contribution >= 0.6 is 7.82 Å². The number of hydrogen-bond acceptors (Lipinski definition) is 11. The van der Waals surface area contributed by atoms with Crippen LogP contribution in [-0.4, -0.2) is 146 Å². The van der Waals surface area contributed by atoms with E-state index in [2.05, 4.69) is 6.92 Å². The Labute approximate surface area is 265 Å². The molecule has 258 valence electrons. The molecule has 46 heavy (non-hydrogen) atoms. The Morgan fingerprint density at radius 3 is 1.74 bits per heavy atom. The van der Waals surface area contributed by atoms with Gasteiger partial charge >= 0.3 is 37.7 Å². The van der Waals surface area contributed by atoms with Gasteiger partial charge in [0.1, 0.15) is 0 Å². The first-order valence-corrected chi connectivity index (χ1v) is 16.0. The molecular formula is C28H42N3O14P. The zero-order valence-corrected chi connectivity index (χ0v) is 26.4. The number of nitrogens with zero attached hydrogens (tertiary/aromatic N) is 3. The molecule has 17 nitrogen and oxygen atoms in total. The lowest BCUT2D eigenvalue weighted by Crippen LogP contribution is -2.52. The molecule has 2 atom stereocenters. The van der Waals surface area contributed by atoms with E-state index in [1.807, 2.05) is 30.3 Å². The highest BCUT2D eigenvalue weighted by molar-refractivity contribution is 7.47. The predicted molar refractivity (Wildman–Crippen MR) is 159 cm³/mol. The van der Waals surface area contributed by atoms with Gasteiger partial charge in [-0.3, -0.25) is 47.7 Å². The maximum absolute atomic E-state index is 13.0. The molecule has 0 amide bonds. The van der Waals surface area contributed by atoms with Gasteiger partial charge in [0.25, 0.3) is 0 Å². The predicted octanol–water partition coefficient (Wildman–Crippen LogP) is 0.718. The van der Waals surface area contributed by atoms with Gasteiger partial charge in [-0.15, -0.1) is 0 Å². The molecule has 1 fully saturated rings. The van der Waals surface area contributed by atoms with E-state index in [1.54, 1.807) is 0 Å². The fourth-order valence-electron chi connectivity index (χ4n) is 5.40. The first-order valence-electron chi connectivity index (χ1n) is 14.5. The van der Waals surface area contributed by atoms with Crippen molar-refractivity contribution in [2.75, 3.05) is 59.0 Å². The van der Waals surface area contributed by atoms with Crippen molar-refractivity contribution in [3.8, 4) is 0 Å². The molecule has 2 rings (SSSR count). The number of carboxylic acids is 5. The minimum absolute atomic E-state index is 0.154. The standard InChI is InChI=1S/C28H42N3O14P/c1-28(20-5-3-2-4-6-20)9-7-22(8-10-28)45-46(42,43)44-19-21(31(17-26(38)39)18-27(40)41)13-29(14-23(32)33)11-12-30(15-24(34)35)16-25(36)37/h2-6,21-22H,7-19H2,1H3,(H,32,33)(H,34,35)(H,36,37)(H,38,39)(H,40,41)(H,42,43)/t21?,22-,28+. The van der Waals surface area contributed by atoms with Gasteiger partial charge in [-0.1, -0.05) is 37.3 Å². The Balaban J connectivity index is 2.18. The summed E-state index contributed by atoms with van der Waals surface area (Å²) in [5.74, 6) is -6.86. The van der Waals surface area contributed by atoms with Crippen molar-refractivity contribution in [2.45, 2.75) is 50.2 Å². The smallest absolute Gasteiger partial charge is 0.472 e. The van der Waals surface area contributed by atoms with Crippen molar-refractivity contribution in [2.24, 2.45) is 0 Å². The Hall–Kier alpha value is -3.44. The van der Waals surface area contributed by atoms with Crippen molar-refractivity contribution in [1.82, 2.24) is 14.7 Å². The summed E-state index contributed by atoms with van der Waals surface area (Å²) in [5, 5.41) is 46.5. The highest BCUT2D eigenvalue weighted by atomic mass is 31.2. The molecule has 0 spiro atoms. The molecule has 1 aromatic rings. The van der Waals surface area contributed by atoms with Crippen LogP contribution in [0.4, 0.5) is 0 Å². The second-order valence-corrected chi connectivity index (χ2v) is 12.9. The lowest BCUT2D eigenvalue weighted by Gasteiger charge is -2.38. The van der Waals surface area contributed by atoms with E-state index in [9.17, 15) is 48.8 Å². The van der Waals surface area contributed by atoms with E-state index in [0.29, 0.717) is 25.7 Å². The van der Waals surface area contributed by atoms with Crippen molar-refractivity contribution in [3.63, 3.8) is 0 Å². The number of phosphoric acid groups is 1. The highest BCUT2D eigenvalue weighted by Crippen LogP contribution is 2.49. The molecule has 1 aromatic carbocycles. The normalized spacial score (nSPS) is 20.3. The third-order valence-electron chi connectivity index (χ3n) is 7.69. The Morgan fingerprint density at radius 1 is 0.804 bits per heavy atom. The molecule has 0 radical (unpaired) electrons.